The third kappa shape index (κ3) is 4.55. The van der Waals surface area contributed by atoms with E-state index < -0.39 is 11.7 Å². The smallest absolute Gasteiger partial charge is 0.416 e. The maximum Gasteiger partial charge on any atom is 0.416 e. The third-order valence-electron chi connectivity index (χ3n) is 5.91. The van der Waals surface area contributed by atoms with Crippen molar-refractivity contribution in [1.82, 2.24) is 25.1 Å². The van der Waals surface area contributed by atoms with E-state index in [9.17, 15) is 18.0 Å². The van der Waals surface area contributed by atoms with Crippen LogP contribution in [0, 0.1) is 0 Å². The summed E-state index contributed by atoms with van der Waals surface area (Å²) in [5.74, 6) is 1.21. The number of hydrogen-bond donors (Lipinski definition) is 0. The molecule has 34 heavy (non-hydrogen) atoms. The molecule has 8 nitrogen and oxygen atoms in total. The van der Waals surface area contributed by atoms with Gasteiger partial charge in [-0.05, 0) is 47.9 Å². The first kappa shape index (κ1) is 22.2. The molecule has 11 heteroatoms. The van der Waals surface area contributed by atoms with Crippen LogP contribution in [-0.4, -0.2) is 50.8 Å². The van der Waals surface area contributed by atoms with Gasteiger partial charge in [0, 0.05) is 18.5 Å². The number of likely N-dealkylation sites (tertiary alicyclic amines) is 1. The number of fused-ring (bicyclic) bond motifs is 1. The van der Waals surface area contributed by atoms with Gasteiger partial charge in [-0.1, -0.05) is 18.2 Å². The molecule has 5 rings (SSSR count). The number of carbonyl (C=O) groups excluding carboxylic acids is 1. The summed E-state index contributed by atoms with van der Waals surface area (Å²) in [6, 6.07) is 10.3. The first-order valence-corrected chi connectivity index (χ1v) is 11.0. The van der Waals surface area contributed by atoms with Crippen LogP contribution in [0.5, 0.6) is 11.5 Å². The molecule has 2 aliphatic heterocycles. The highest BCUT2D eigenvalue weighted by atomic mass is 19.4. The molecule has 2 aromatic carbocycles. The second-order valence-corrected chi connectivity index (χ2v) is 8.22. The summed E-state index contributed by atoms with van der Waals surface area (Å²) in [4.78, 5) is 15.9. The van der Waals surface area contributed by atoms with Gasteiger partial charge in [0.2, 0.25) is 11.7 Å². The highest BCUT2D eigenvalue weighted by Gasteiger charge is 2.32. The summed E-state index contributed by atoms with van der Waals surface area (Å²) in [7, 11) is 0. The van der Waals surface area contributed by atoms with Crippen molar-refractivity contribution in [1.29, 1.82) is 0 Å². The van der Waals surface area contributed by atoms with Crippen LogP contribution in [0.4, 0.5) is 13.2 Å². The lowest BCUT2D eigenvalue weighted by molar-refractivity contribution is -0.137. The summed E-state index contributed by atoms with van der Waals surface area (Å²) >= 11 is 0. The van der Waals surface area contributed by atoms with E-state index in [1.54, 1.807) is 4.90 Å². The Balaban J connectivity index is 1.30. The average molecular weight is 473 g/mol. The summed E-state index contributed by atoms with van der Waals surface area (Å²) in [6.45, 7) is 1.61. The molecule has 0 saturated carbocycles. The molecule has 1 saturated heterocycles. The molecule has 0 N–H and O–H groups in total. The molecule has 1 unspecified atom stereocenters. The number of benzene rings is 2. The summed E-state index contributed by atoms with van der Waals surface area (Å²) in [6.07, 6.45) is -2.00. The van der Waals surface area contributed by atoms with Crippen molar-refractivity contribution in [2.75, 3.05) is 19.8 Å². The first-order valence-electron chi connectivity index (χ1n) is 11.0. The van der Waals surface area contributed by atoms with Crippen LogP contribution in [0.2, 0.25) is 0 Å². The van der Waals surface area contributed by atoms with Gasteiger partial charge in [0.15, 0.2) is 11.5 Å². The van der Waals surface area contributed by atoms with Gasteiger partial charge in [0.05, 0.1) is 24.8 Å². The fraction of sp³-hybridized carbons (Fsp3) is 0.391. The van der Waals surface area contributed by atoms with Crippen LogP contribution >= 0.6 is 0 Å². The molecule has 178 valence electrons. The van der Waals surface area contributed by atoms with Gasteiger partial charge >= 0.3 is 6.18 Å². The average Bonchev–Trinajstić information content (AvgIpc) is 3.43. The minimum absolute atomic E-state index is 0.0276. The van der Waals surface area contributed by atoms with E-state index in [0.717, 1.165) is 41.8 Å². The predicted molar refractivity (Wildman–Crippen MR) is 114 cm³/mol. The predicted octanol–water partition coefficient (Wildman–Crippen LogP) is 3.88. The Bertz CT molecular complexity index is 1200. The number of alkyl halides is 3. The van der Waals surface area contributed by atoms with Crippen molar-refractivity contribution in [3.63, 3.8) is 0 Å². The molecule has 1 aromatic heterocycles. The minimum atomic E-state index is -4.47. The number of ether oxygens (including phenoxy) is 2. The van der Waals surface area contributed by atoms with Crippen molar-refractivity contribution < 1.29 is 27.4 Å². The summed E-state index contributed by atoms with van der Waals surface area (Å²) in [5, 5.41) is 11.8. The molecule has 1 amide bonds. The topological polar surface area (TPSA) is 82.4 Å². The Hall–Kier alpha value is -3.63. The lowest BCUT2D eigenvalue weighted by Crippen LogP contribution is -2.34. The lowest BCUT2D eigenvalue weighted by Gasteiger charge is -2.25. The van der Waals surface area contributed by atoms with E-state index in [-0.39, 0.29) is 29.9 Å². The number of aromatic nitrogens is 4. The Morgan fingerprint density at radius 1 is 1.06 bits per heavy atom. The number of tetrazole rings is 1. The van der Waals surface area contributed by atoms with Crippen LogP contribution in [0.1, 0.15) is 36.4 Å². The van der Waals surface area contributed by atoms with Crippen molar-refractivity contribution >= 4 is 5.91 Å². The molecule has 3 aromatic rings. The van der Waals surface area contributed by atoms with E-state index in [4.69, 9.17) is 9.47 Å². The Labute approximate surface area is 193 Å². The fourth-order valence-corrected chi connectivity index (χ4v) is 4.27. The van der Waals surface area contributed by atoms with Gasteiger partial charge in [-0.15, -0.1) is 10.2 Å². The van der Waals surface area contributed by atoms with Crippen LogP contribution in [0.15, 0.2) is 42.5 Å². The quantitative estimate of drug-likeness (QED) is 0.572. The summed E-state index contributed by atoms with van der Waals surface area (Å²) in [5.41, 5.74) is 0.346. The van der Waals surface area contributed by atoms with Crippen molar-refractivity contribution in [2.45, 2.75) is 38.0 Å². The van der Waals surface area contributed by atoms with E-state index in [1.807, 2.05) is 18.2 Å². The highest BCUT2D eigenvalue weighted by Crippen LogP contribution is 2.38. The van der Waals surface area contributed by atoms with E-state index in [1.165, 1.54) is 12.1 Å². The monoisotopic (exact) mass is 473 g/mol. The fourth-order valence-electron chi connectivity index (χ4n) is 4.27. The third-order valence-corrected chi connectivity index (χ3v) is 5.91. The zero-order valence-corrected chi connectivity index (χ0v) is 18.2. The SMILES string of the molecule is O=C(Cn1nnc(-c2cccc(C(F)(F)F)c2)n1)N1CCCC1c1ccc2c(c1)OCCCO2. The highest BCUT2D eigenvalue weighted by molar-refractivity contribution is 5.76. The standard InChI is InChI=1S/C23H22F3N5O3/c24-23(25,26)17-5-1-4-16(12-17)22-27-29-31(28-22)14-21(32)30-9-2-6-18(30)15-7-8-19-20(13-15)34-11-3-10-33-19/h1,4-5,7-8,12-13,18H,2-3,6,9-11,14H2. The molecule has 1 atom stereocenters. The van der Waals surface area contributed by atoms with Crippen molar-refractivity contribution in [3.05, 3.63) is 53.6 Å². The van der Waals surface area contributed by atoms with E-state index >= 15 is 0 Å². The normalized spacial score (nSPS) is 18.1. The number of hydrogen-bond acceptors (Lipinski definition) is 6. The zero-order valence-electron chi connectivity index (χ0n) is 18.2. The van der Waals surface area contributed by atoms with Crippen molar-refractivity contribution in [2.24, 2.45) is 0 Å². The van der Waals surface area contributed by atoms with Crippen LogP contribution < -0.4 is 9.47 Å². The number of halogens is 3. The van der Waals surface area contributed by atoms with Gasteiger partial charge in [0.25, 0.3) is 0 Å². The van der Waals surface area contributed by atoms with E-state index in [0.29, 0.717) is 31.3 Å². The number of amides is 1. The van der Waals surface area contributed by atoms with Gasteiger partial charge < -0.3 is 14.4 Å². The van der Waals surface area contributed by atoms with Gasteiger partial charge in [0.1, 0.15) is 6.54 Å². The molecule has 0 radical (unpaired) electrons. The molecular formula is C23H22F3N5O3. The molecule has 0 aliphatic carbocycles. The molecule has 2 aliphatic rings. The Kier molecular flexibility index (Phi) is 5.84. The van der Waals surface area contributed by atoms with Gasteiger partial charge in [-0.25, -0.2) is 0 Å². The number of carbonyl (C=O) groups is 1. The maximum atomic E-state index is 13.1. The van der Waals surface area contributed by atoms with Crippen LogP contribution in [0.25, 0.3) is 11.4 Å². The molecule has 0 spiro atoms. The van der Waals surface area contributed by atoms with Gasteiger partial charge in [-0.2, -0.15) is 18.0 Å². The second kappa shape index (κ2) is 8.96. The lowest BCUT2D eigenvalue weighted by atomic mass is 10.0. The van der Waals surface area contributed by atoms with Crippen LogP contribution in [0.3, 0.4) is 0 Å². The van der Waals surface area contributed by atoms with Gasteiger partial charge in [-0.3, -0.25) is 4.79 Å². The van der Waals surface area contributed by atoms with E-state index in [2.05, 4.69) is 15.4 Å². The molecule has 1 fully saturated rings. The molecule has 3 heterocycles. The largest absolute Gasteiger partial charge is 0.490 e. The molecular weight excluding hydrogens is 451 g/mol. The molecule has 0 bridgehead atoms. The van der Waals surface area contributed by atoms with Crippen molar-refractivity contribution in [3.8, 4) is 22.9 Å². The second-order valence-electron chi connectivity index (χ2n) is 8.22. The minimum Gasteiger partial charge on any atom is -0.490 e. The van der Waals surface area contributed by atoms with Crippen LogP contribution in [-0.2, 0) is 17.5 Å². The number of rotatable bonds is 4. The summed E-state index contributed by atoms with van der Waals surface area (Å²) < 4.78 is 50.5. The number of nitrogens with zero attached hydrogens (tertiary/aromatic N) is 5. The zero-order chi connectivity index (χ0) is 23.7. The Morgan fingerprint density at radius 2 is 1.88 bits per heavy atom. The maximum absolute atomic E-state index is 13.1. The first-order chi connectivity index (χ1) is 16.4. The Morgan fingerprint density at radius 3 is 2.71 bits per heavy atom.